The van der Waals surface area contributed by atoms with E-state index in [2.05, 4.69) is 25.7 Å². The number of carbonyl (C=O) groups is 1. The maximum absolute atomic E-state index is 11.5. The van der Waals surface area contributed by atoms with Crippen LogP contribution >= 0.6 is 0 Å². The smallest absolute Gasteiger partial charge is 0.220 e. The molecular weight excluding hydrogens is 306 g/mol. The molecule has 1 aromatic heterocycles. The zero-order valence-corrected chi connectivity index (χ0v) is 15.2. The Bertz CT molecular complexity index is 554. The highest BCUT2D eigenvalue weighted by atomic mass is 16.5. The number of hydrogen-bond donors (Lipinski definition) is 2. The van der Waals surface area contributed by atoms with Crippen molar-refractivity contribution in [2.24, 2.45) is 10.9 Å². The minimum absolute atomic E-state index is 0.135. The van der Waals surface area contributed by atoms with Gasteiger partial charge in [0.25, 0.3) is 0 Å². The van der Waals surface area contributed by atoms with E-state index in [4.69, 9.17) is 4.52 Å². The van der Waals surface area contributed by atoms with Gasteiger partial charge in [-0.25, -0.2) is 0 Å². The number of aliphatic imine (C=N–C) groups is 1. The average molecular weight is 335 g/mol. The van der Waals surface area contributed by atoms with Crippen LogP contribution in [0.25, 0.3) is 0 Å². The van der Waals surface area contributed by atoms with E-state index in [1.165, 1.54) is 5.56 Å². The Labute approximate surface area is 143 Å². The number of rotatable bonds is 5. The first-order valence-corrected chi connectivity index (χ1v) is 8.63. The average Bonchev–Trinajstić information content (AvgIpc) is 2.91. The molecule has 7 heteroatoms. The number of guanidine groups is 1. The van der Waals surface area contributed by atoms with E-state index in [0.29, 0.717) is 12.3 Å². The van der Waals surface area contributed by atoms with Gasteiger partial charge < -0.3 is 20.1 Å². The summed E-state index contributed by atoms with van der Waals surface area (Å²) in [5.74, 6) is 2.43. The second kappa shape index (κ2) is 8.70. The minimum Gasteiger partial charge on any atom is -0.361 e. The number of nitrogens with zero attached hydrogens (tertiary/aromatic N) is 3. The van der Waals surface area contributed by atoms with Crippen molar-refractivity contribution in [1.82, 2.24) is 20.7 Å². The molecule has 134 valence electrons. The van der Waals surface area contributed by atoms with Crippen LogP contribution in [0.2, 0.25) is 0 Å². The predicted molar refractivity (Wildman–Crippen MR) is 94.0 cm³/mol. The Morgan fingerprint density at radius 3 is 2.62 bits per heavy atom. The Morgan fingerprint density at radius 2 is 2.08 bits per heavy atom. The highest BCUT2D eigenvalue weighted by molar-refractivity contribution is 5.80. The molecule has 2 N–H and O–H groups in total. The summed E-state index contributed by atoms with van der Waals surface area (Å²) in [5, 5.41) is 10.1. The molecule has 0 aromatic carbocycles. The molecule has 1 aliphatic heterocycles. The summed E-state index contributed by atoms with van der Waals surface area (Å²) in [6.45, 7) is 6.59. The Morgan fingerprint density at radius 1 is 1.38 bits per heavy atom. The number of nitrogens with one attached hydrogen (secondary N) is 2. The number of aryl methyl sites for hydroxylation is 2. The van der Waals surface area contributed by atoms with Gasteiger partial charge in [0.15, 0.2) is 5.96 Å². The SMILES string of the molecule is CN=C(NCCc1c(C)noc1C)N1CCC(CC(=O)NC)CC1. The van der Waals surface area contributed by atoms with Gasteiger partial charge in [0, 0.05) is 45.7 Å². The molecule has 24 heavy (non-hydrogen) atoms. The first-order valence-electron chi connectivity index (χ1n) is 8.63. The van der Waals surface area contributed by atoms with Gasteiger partial charge in [0.05, 0.1) is 5.69 Å². The fourth-order valence-electron chi connectivity index (χ4n) is 3.20. The molecule has 0 spiro atoms. The highest BCUT2D eigenvalue weighted by Gasteiger charge is 2.23. The summed E-state index contributed by atoms with van der Waals surface area (Å²) < 4.78 is 5.20. The Hall–Kier alpha value is -2.05. The molecule has 0 unspecified atom stereocenters. The Kier molecular flexibility index (Phi) is 6.63. The molecule has 2 rings (SSSR count). The number of likely N-dealkylation sites (tertiary alicyclic amines) is 1. The fourth-order valence-corrected chi connectivity index (χ4v) is 3.20. The van der Waals surface area contributed by atoms with E-state index in [-0.39, 0.29) is 5.91 Å². The van der Waals surface area contributed by atoms with Crippen LogP contribution in [-0.4, -0.2) is 55.7 Å². The van der Waals surface area contributed by atoms with E-state index < -0.39 is 0 Å². The van der Waals surface area contributed by atoms with Crippen molar-refractivity contribution in [2.45, 2.75) is 39.5 Å². The number of piperidine rings is 1. The maximum atomic E-state index is 11.5. The van der Waals surface area contributed by atoms with Crippen LogP contribution in [0.4, 0.5) is 0 Å². The number of carbonyl (C=O) groups excluding carboxylic acids is 1. The van der Waals surface area contributed by atoms with Gasteiger partial charge in [-0.3, -0.25) is 9.79 Å². The molecule has 2 heterocycles. The zero-order chi connectivity index (χ0) is 17.5. The van der Waals surface area contributed by atoms with Crippen LogP contribution in [-0.2, 0) is 11.2 Å². The molecule has 0 saturated carbocycles. The van der Waals surface area contributed by atoms with Crippen molar-refractivity contribution >= 4 is 11.9 Å². The van der Waals surface area contributed by atoms with Crippen molar-refractivity contribution in [3.8, 4) is 0 Å². The number of hydrogen-bond acceptors (Lipinski definition) is 4. The van der Waals surface area contributed by atoms with Crippen molar-refractivity contribution < 1.29 is 9.32 Å². The van der Waals surface area contributed by atoms with Crippen LogP contribution in [0.3, 0.4) is 0 Å². The lowest BCUT2D eigenvalue weighted by atomic mass is 9.93. The van der Waals surface area contributed by atoms with Crippen molar-refractivity contribution in [2.75, 3.05) is 33.7 Å². The normalized spacial score (nSPS) is 16.3. The summed E-state index contributed by atoms with van der Waals surface area (Å²) in [5.41, 5.74) is 2.13. The summed E-state index contributed by atoms with van der Waals surface area (Å²) >= 11 is 0. The molecule has 1 aromatic rings. The lowest BCUT2D eigenvalue weighted by Crippen LogP contribution is -2.46. The molecular formula is C17H29N5O2. The molecule has 0 atom stereocenters. The lowest BCUT2D eigenvalue weighted by molar-refractivity contribution is -0.121. The molecule has 0 aliphatic carbocycles. The van der Waals surface area contributed by atoms with Gasteiger partial charge in [0.1, 0.15) is 5.76 Å². The quantitative estimate of drug-likeness (QED) is 0.625. The van der Waals surface area contributed by atoms with Gasteiger partial charge >= 0.3 is 0 Å². The summed E-state index contributed by atoms with van der Waals surface area (Å²) in [6.07, 6.45) is 3.55. The van der Waals surface area contributed by atoms with Gasteiger partial charge in [-0.1, -0.05) is 5.16 Å². The second-order valence-electron chi connectivity index (χ2n) is 6.33. The first-order chi connectivity index (χ1) is 11.5. The van der Waals surface area contributed by atoms with Crippen molar-refractivity contribution in [3.05, 3.63) is 17.0 Å². The molecule has 1 amide bonds. The maximum Gasteiger partial charge on any atom is 0.220 e. The third-order valence-corrected chi connectivity index (χ3v) is 4.72. The van der Waals surface area contributed by atoms with Crippen molar-refractivity contribution in [3.63, 3.8) is 0 Å². The van der Waals surface area contributed by atoms with E-state index >= 15 is 0 Å². The molecule has 0 bridgehead atoms. The zero-order valence-electron chi connectivity index (χ0n) is 15.2. The lowest BCUT2D eigenvalue weighted by Gasteiger charge is -2.34. The minimum atomic E-state index is 0.135. The van der Waals surface area contributed by atoms with Gasteiger partial charge in [-0.05, 0) is 39.0 Å². The number of aromatic nitrogens is 1. The summed E-state index contributed by atoms with van der Waals surface area (Å²) in [7, 11) is 3.51. The fraction of sp³-hybridized carbons (Fsp3) is 0.706. The van der Waals surface area contributed by atoms with Crippen LogP contribution in [0, 0.1) is 19.8 Å². The molecule has 1 aliphatic rings. The largest absolute Gasteiger partial charge is 0.361 e. The summed E-state index contributed by atoms with van der Waals surface area (Å²) in [4.78, 5) is 18.1. The molecule has 1 saturated heterocycles. The number of amides is 1. The van der Waals surface area contributed by atoms with Crippen LogP contribution in [0.1, 0.15) is 36.3 Å². The monoisotopic (exact) mass is 335 g/mol. The molecule has 7 nitrogen and oxygen atoms in total. The van der Waals surface area contributed by atoms with E-state index in [9.17, 15) is 4.79 Å². The third-order valence-electron chi connectivity index (χ3n) is 4.72. The third kappa shape index (κ3) is 4.72. The second-order valence-corrected chi connectivity index (χ2v) is 6.33. The van der Waals surface area contributed by atoms with Crippen LogP contribution in [0.5, 0.6) is 0 Å². The Balaban J connectivity index is 1.78. The first kappa shape index (κ1) is 18.3. The van der Waals surface area contributed by atoms with Crippen molar-refractivity contribution in [1.29, 1.82) is 0 Å². The van der Waals surface area contributed by atoms with E-state index in [0.717, 1.165) is 56.3 Å². The van der Waals surface area contributed by atoms with E-state index in [1.807, 2.05) is 20.9 Å². The standard InChI is InChI=1S/C17H29N5O2/c1-12-15(13(2)24-21-12)5-8-20-17(19-4)22-9-6-14(7-10-22)11-16(23)18-3/h14H,5-11H2,1-4H3,(H,18,23)(H,19,20). The molecule has 1 fully saturated rings. The van der Waals surface area contributed by atoms with E-state index in [1.54, 1.807) is 7.05 Å². The highest BCUT2D eigenvalue weighted by Crippen LogP contribution is 2.20. The topological polar surface area (TPSA) is 82.8 Å². The molecule has 0 radical (unpaired) electrons. The van der Waals surface area contributed by atoms with Gasteiger partial charge in [0.2, 0.25) is 5.91 Å². The summed E-state index contributed by atoms with van der Waals surface area (Å²) in [6, 6.07) is 0. The van der Waals surface area contributed by atoms with Gasteiger partial charge in [-0.2, -0.15) is 0 Å². The predicted octanol–water partition coefficient (Wildman–Crippen LogP) is 1.26. The van der Waals surface area contributed by atoms with Crippen LogP contribution in [0.15, 0.2) is 9.52 Å². The van der Waals surface area contributed by atoms with Gasteiger partial charge in [-0.15, -0.1) is 0 Å². The van der Waals surface area contributed by atoms with Crippen LogP contribution < -0.4 is 10.6 Å².